The summed E-state index contributed by atoms with van der Waals surface area (Å²) in [5, 5.41) is 20.7. The molecule has 2 aromatic rings. The van der Waals surface area contributed by atoms with E-state index in [1.807, 2.05) is 32.0 Å². The van der Waals surface area contributed by atoms with Gasteiger partial charge in [0.1, 0.15) is 5.82 Å². The number of hydrogen-bond donors (Lipinski definition) is 4. The molecule has 0 aliphatic carbocycles. The lowest BCUT2D eigenvalue weighted by molar-refractivity contribution is 0.156. The summed E-state index contributed by atoms with van der Waals surface area (Å²) >= 11 is 0. The van der Waals surface area contributed by atoms with Gasteiger partial charge in [-0.3, -0.25) is 0 Å². The number of H-pyrrole nitrogens is 1. The van der Waals surface area contributed by atoms with Crippen molar-refractivity contribution in [2.75, 3.05) is 26.3 Å². The highest BCUT2D eigenvalue weighted by Crippen LogP contribution is 2.17. The van der Waals surface area contributed by atoms with Gasteiger partial charge < -0.3 is 25.4 Å². The van der Waals surface area contributed by atoms with Crippen LogP contribution in [0.3, 0.4) is 0 Å². The number of urea groups is 1. The topological polar surface area (TPSA) is 101 Å². The minimum absolute atomic E-state index is 0.147. The van der Waals surface area contributed by atoms with Crippen LogP contribution in [0.1, 0.15) is 24.4 Å². The molecular formula is C15H22N4O3. The van der Waals surface area contributed by atoms with Crippen LogP contribution in [0.25, 0.3) is 11.0 Å². The Hall–Kier alpha value is -2.12. The molecule has 22 heavy (non-hydrogen) atoms. The molecule has 0 saturated heterocycles. The molecule has 4 N–H and O–H groups in total. The number of rotatable bonds is 6. The molecule has 0 radical (unpaired) electrons. The van der Waals surface area contributed by atoms with Gasteiger partial charge in [0.25, 0.3) is 0 Å². The van der Waals surface area contributed by atoms with Crippen LogP contribution in [-0.2, 0) is 0 Å². The number of amides is 2. The minimum atomic E-state index is -0.341. The third kappa shape index (κ3) is 3.75. The summed E-state index contributed by atoms with van der Waals surface area (Å²) in [4.78, 5) is 21.2. The van der Waals surface area contributed by atoms with E-state index in [1.54, 1.807) is 0 Å². The number of carbonyl (C=O) groups is 1. The summed E-state index contributed by atoms with van der Waals surface area (Å²) in [6.45, 7) is 3.90. The molecule has 1 aromatic carbocycles. The maximum absolute atomic E-state index is 12.1. The molecule has 0 unspecified atom stereocenters. The number of nitrogens with one attached hydrogen (secondary N) is 2. The van der Waals surface area contributed by atoms with Crippen LogP contribution >= 0.6 is 0 Å². The number of aliphatic hydroxyl groups is 2. The lowest BCUT2D eigenvalue weighted by atomic mass is 10.2. The summed E-state index contributed by atoms with van der Waals surface area (Å²) in [6.07, 6.45) is 0. The molecule has 2 rings (SSSR count). The Morgan fingerprint density at radius 2 is 2.05 bits per heavy atom. The Labute approximate surface area is 129 Å². The number of benzene rings is 1. The van der Waals surface area contributed by atoms with E-state index in [4.69, 9.17) is 10.2 Å². The Morgan fingerprint density at radius 3 is 2.68 bits per heavy atom. The number of aromatic nitrogens is 2. The second-order valence-corrected chi connectivity index (χ2v) is 5.25. The van der Waals surface area contributed by atoms with E-state index in [2.05, 4.69) is 15.3 Å². The SMILES string of the molecule is Cc1ccc2nc([C@@H](C)NC(=O)N(CCO)CCO)[nH]c2c1. The molecule has 1 aromatic heterocycles. The van der Waals surface area contributed by atoms with Crippen LogP contribution in [0.2, 0.25) is 0 Å². The first-order valence-corrected chi connectivity index (χ1v) is 7.28. The number of carbonyl (C=O) groups excluding carboxylic acids is 1. The maximum atomic E-state index is 12.1. The first-order valence-electron chi connectivity index (χ1n) is 7.28. The van der Waals surface area contributed by atoms with Gasteiger partial charge in [-0.2, -0.15) is 0 Å². The molecule has 120 valence electrons. The van der Waals surface area contributed by atoms with Gasteiger partial charge in [-0.05, 0) is 31.5 Å². The van der Waals surface area contributed by atoms with Gasteiger partial charge in [-0.1, -0.05) is 6.07 Å². The number of fused-ring (bicyclic) bond motifs is 1. The van der Waals surface area contributed by atoms with E-state index >= 15 is 0 Å². The number of nitrogens with zero attached hydrogens (tertiary/aromatic N) is 2. The number of aryl methyl sites for hydroxylation is 1. The van der Waals surface area contributed by atoms with Crippen LogP contribution in [0, 0.1) is 6.92 Å². The molecule has 0 aliphatic heterocycles. The smallest absolute Gasteiger partial charge is 0.318 e. The van der Waals surface area contributed by atoms with Crippen molar-refractivity contribution in [3.8, 4) is 0 Å². The fourth-order valence-electron chi connectivity index (χ4n) is 2.25. The summed E-state index contributed by atoms with van der Waals surface area (Å²) in [6, 6.07) is 5.28. The van der Waals surface area contributed by atoms with Crippen LogP contribution in [0.5, 0.6) is 0 Å². The van der Waals surface area contributed by atoms with Crippen LogP contribution in [0.4, 0.5) is 4.79 Å². The van der Waals surface area contributed by atoms with Crippen molar-refractivity contribution < 1.29 is 15.0 Å². The molecule has 7 nitrogen and oxygen atoms in total. The fraction of sp³-hybridized carbons (Fsp3) is 0.467. The zero-order valence-electron chi connectivity index (χ0n) is 12.8. The monoisotopic (exact) mass is 306 g/mol. The Bertz CT molecular complexity index is 635. The summed E-state index contributed by atoms with van der Waals surface area (Å²) in [5.74, 6) is 0.668. The van der Waals surface area contributed by atoms with E-state index < -0.39 is 0 Å². The summed E-state index contributed by atoms with van der Waals surface area (Å²) < 4.78 is 0. The first-order chi connectivity index (χ1) is 10.5. The van der Waals surface area contributed by atoms with Crippen molar-refractivity contribution in [2.45, 2.75) is 19.9 Å². The molecule has 0 aliphatic rings. The molecule has 1 heterocycles. The standard InChI is InChI=1S/C15H22N4O3/c1-10-3-4-12-13(9-10)18-14(17-12)11(2)16-15(22)19(5-7-20)6-8-21/h3-4,9,11,20-21H,5-8H2,1-2H3,(H,16,22)(H,17,18)/t11-/m1/s1. The van der Waals surface area contributed by atoms with Crippen LogP contribution in [0.15, 0.2) is 18.2 Å². The highest BCUT2D eigenvalue weighted by Gasteiger charge is 2.18. The molecule has 2 amide bonds. The van der Waals surface area contributed by atoms with Gasteiger partial charge >= 0.3 is 6.03 Å². The predicted molar refractivity (Wildman–Crippen MR) is 83.5 cm³/mol. The molecule has 1 atom stereocenters. The molecular weight excluding hydrogens is 284 g/mol. The first kappa shape index (κ1) is 16.3. The Kier molecular flexibility index (Phi) is 5.35. The second-order valence-electron chi connectivity index (χ2n) is 5.25. The normalized spacial score (nSPS) is 12.4. The highest BCUT2D eigenvalue weighted by molar-refractivity contribution is 5.77. The van der Waals surface area contributed by atoms with E-state index in [1.165, 1.54) is 4.90 Å². The van der Waals surface area contributed by atoms with Gasteiger partial charge in [0.05, 0.1) is 30.3 Å². The quantitative estimate of drug-likeness (QED) is 0.637. The minimum Gasteiger partial charge on any atom is -0.395 e. The molecule has 0 fully saturated rings. The average Bonchev–Trinajstić information content (AvgIpc) is 2.90. The zero-order valence-corrected chi connectivity index (χ0v) is 12.8. The molecule has 7 heteroatoms. The van der Waals surface area contributed by atoms with Crippen molar-refractivity contribution >= 4 is 17.1 Å². The molecule has 0 saturated carbocycles. The lowest BCUT2D eigenvalue weighted by Gasteiger charge is -2.23. The van der Waals surface area contributed by atoms with Gasteiger partial charge in [-0.25, -0.2) is 9.78 Å². The molecule has 0 spiro atoms. The van der Waals surface area contributed by atoms with E-state index in [9.17, 15) is 4.79 Å². The fourth-order valence-corrected chi connectivity index (χ4v) is 2.25. The van der Waals surface area contributed by atoms with Gasteiger partial charge in [0.15, 0.2) is 0 Å². The predicted octanol–water partition coefficient (Wildman–Crippen LogP) is 0.929. The lowest BCUT2D eigenvalue weighted by Crippen LogP contribution is -2.44. The summed E-state index contributed by atoms with van der Waals surface area (Å²) in [5.41, 5.74) is 2.92. The number of aromatic amines is 1. The van der Waals surface area contributed by atoms with Crippen LogP contribution in [-0.4, -0.2) is 57.4 Å². The van der Waals surface area contributed by atoms with Crippen molar-refractivity contribution in [3.05, 3.63) is 29.6 Å². The van der Waals surface area contributed by atoms with Gasteiger partial charge in [0, 0.05) is 13.1 Å². The highest BCUT2D eigenvalue weighted by atomic mass is 16.3. The van der Waals surface area contributed by atoms with E-state index in [0.717, 1.165) is 16.6 Å². The molecule has 0 bridgehead atoms. The third-order valence-corrected chi connectivity index (χ3v) is 3.43. The Morgan fingerprint density at radius 1 is 1.36 bits per heavy atom. The van der Waals surface area contributed by atoms with Crippen LogP contribution < -0.4 is 5.32 Å². The third-order valence-electron chi connectivity index (χ3n) is 3.43. The van der Waals surface area contributed by atoms with E-state index in [0.29, 0.717) is 5.82 Å². The number of aliphatic hydroxyl groups excluding tert-OH is 2. The Balaban J connectivity index is 2.09. The van der Waals surface area contributed by atoms with Crippen molar-refractivity contribution in [3.63, 3.8) is 0 Å². The summed E-state index contributed by atoms with van der Waals surface area (Å²) in [7, 11) is 0. The van der Waals surface area contributed by atoms with Crippen molar-refractivity contribution in [1.29, 1.82) is 0 Å². The number of imidazole rings is 1. The van der Waals surface area contributed by atoms with Gasteiger partial charge in [0.2, 0.25) is 0 Å². The van der Waals surface area contributed by atoms with Crippen molar-refractivity contribution in [1.82, 2.24) is 20.2 Å². The largest absolute Gasteiger partial charge is 0.395 e. The average molecular weight is 306 g/mol. The van der Waals surface area contributed by atoms with Gasteiger partial charge in [-0.15, -0.1) is 0 Å². The maximum Gasteiger partial charge on any atom is 0.318 e. The second kappa shape index (κ2) is 7.24. The van der Waals surface area contributed by atoms with E-state index in [-0.39, 0.29) is 38.4 Å². The van der Waals surface area contributed by atoms with Crippen molar-refractivity contribution in [2.24, 2.45) is 0 Å². The number of hydrogen-bond acceptors (Lipinski definition) is 4. The zero-order chi connectivity index (χ0) is 16.1.